The third kappa shape index (κ3) is 2.90. The third-order valence-corrected chi connectivity index (χ3v) is 4.06. The molecule has 0 spiro atoms. The summed E-state index contributed by atoms with van der Waals surface area (Å²) < 4.78 is 0. The summed E-state index contributed by atoms with van der Waals surface area (Å²) in [4.78, 5) is 26.3. The smallest absolute Gasteiger partial charge is 0.266 e. The summed E-state index contributed by atoms with van der Waals surface area (Å²) in [6.45, 7) is 1.91. The molecule has 2 aromatic heterocycles. The van der Waals surface area contributed by atoms with Gasteiger partial charge >= 0.3 is 0 Å². The topological polar surface area (TPSA) is 61.4 Å². The average Bonchev–Trinajstić information content (AvgIpc) is 3.05. The van der Waals surface area contributed by atoms with E-state index in [0.717, 1.165) is 11.4 Å². The summed E-state index contributed by atoms with van der Waals surface area (Å²) in [7, 11) is 1.72. The molecule has 1 amide bonds. The second kappa shape index (κ2) is 5.57. The summed E-state index contributed by atoms with van der Waals surface area (Å²) in [5.41, 5.74) is 1.80. The molecule has 0 radical (unpaired) electrons. The Kier molecular flexibility index (Phi) is 3.62. The Morgan fingerprint density at radius 2 is 2.19 bits per heavy atom. The number of carbonyl (C=O) groups is 1. The Morgan fingerprint density at radius 1 is 1.33 bits per heavy atom. The molecule has 3 heterocycles. The van der Waals surface area contributed by atoms with Crippen molar-refractivity contribution in [3.05, 3.63) is 52.8 Å². The molecule has 106 valence electrons. The largest absolute Gasteiger partial charge is 0.362 e. The van der Waals surface area contributed by atoms with E-state index in [1.165, 1.54) is 11.8 Å². The number of aromatic amines is 1. The first kappa shape index (κ1) is 13.6. The Bertz CT molecular complexity index is 734. The van der Waals surface area contributed by atoms with Crippen LogP contribution in [-0.4, -0.2) is 33.0 Å². The van der Waals surface area contributed by atoms with Gasteiger partial charge in [0.25, 0.3) is 5.91 Å². The Hall–Kier alpha value is -2.34. The molecular formula is C15H14N4OS. The van der Waals surface area contributed by atoms with Crippen molar-refractivity contribution in [3.63, 3.8) is 0 Å². The molecule has 0 saturated carbocycles. The summed E-state index contributed by atoms with van der Waals surface area (Å²) in [6, 6.07) is 9.45. The lowest BCUT2D eigenvalue weighted by molar-refractivity contribution is -0.121. The van der Waals surface area contributed by atoms with E-state index >= 15 is 0 Å². The van der Waals surface area contributed by atoms with E-state index in [1.54, 1.807) is 11.9 Å². The van der Waals surface area contributed by atoms with Crippen molar-refractivity contribution in [1.29, 1.82) is 0 Å². The number of pyridine rings is 1. The molecule has 0 aromatic carbocycles. The summed E-state index contributed by atoms with van der Waals surface area (Å²) in [5.74, 6) is 0.555. The first-order valence-corrected chi connectivity index (χ1v) is 7.28. The monoisotopic (exact) mass is 298 g/mol. The van der Waals surface area contributed by atoms with E-state index in [4.69, 9.17) is 0 Å². The van der Waals surface area contributed by atoms with Gasteiger partial charge in [-0.15, -0.1) is 0 Å². The molecule has 1 N–H and O–H groups in total. The van der Waals surface area contributed by atoms with Crippen molar-refractivity contribution in [2.75, 3.05) is 7.05 Å². The third-order valence-electron chi connectivity index (χ3n) is 3.00. The number of nitrogens with zero attached hydrogens (tertiary/aromatic N) is 3. The molecule has 1 saturated heterocycles. The number of hydrogen-bond donors (Lipinski definition) is 1. The fourth-order valence-corrected chi connectivity index (χ4v) is 2.88. The summed E-state index contributed by atoms with van der Waals surface area (Å²) in [6.07, 6.45) is 3.65. The van der Waals surface area contributed by atoms with Gasteiger partial charge in [-0.1, -0.05) is 6.07 Å². The van der Waals surface area contributed by atoms with Gasteiger partial charge in [0.2, 0.25) is 0 Å². The number of amides is 1. The van der Waals surface area contributed by atoms with E-state index in [9.17, 15) is 4.79 Å². The Balaban J connectivity index is 1.90. The molecule has 1 aliphatic heterocycles. The first-order valence-electron chi connectivity index (χ1n) is 6.47. The molecule has 6 heteroatoms. The number of aliphatic imine (C=N–C) groups is 1. The maximum absolute atomic E-state index is 12.2. The van der Waals surface area contributed by atoms with Crippen LogP contribution in [0.1, 0.15) is 11.4 Å². The number of aryl methyl sites for hydroxylation is 1. The minimum Gasteiger partial charge on any atom is -0.362 e. The predicted octanol–water partition coefficient (Wildman–Crippen LogP) is 2.95. The van der Waals surface area contributed by atoms with Crippen molar-refractivity contribution in [3.8, 4) is 0 Å². The zero-order valence-electron chi connectivity index (χ0n) is 11.7. The van der Waals surface area contributed by atoms with Crippen LogP contribution in [-0.2, 0) is 4.79 Å². The van der Waals surface area contributed by atoms with Crippen LogP contribution in [0, 0.1) is 6.92 Å². The van der Waals surface area contributed by atoms with Crippen LogP contribution in [0.15, 0.2) is 46.4 Å². The fraction of sp³-hybridized carbons (Fsp3) is 0.133. The highest BCUT2D eigenvalue weighted by molar-refractivity contribution is 8.18. The Labute approximate surface area is 126 Å². The molecule has 3 rings (SSSR count). The maximum atomic E-state index is 12.2. The van der Waals surface area contributed by atoms with Gasteiger partial charge in [-0.05, 0) is 49.0 Å². The van der Waals surface area contributed by atoms with Crippen molar-refractivity contribution in [2.24, 2.45) is 4.99 Å². The van der Waals surface area contributed by atoms with Gasteiger partial charge in [0.15, 0.2) is 11.0 Å². The summed E-state index contributed by atoms with van der Waals surface area (Å²) >= 11 is 1.35. The highest BCUT2D eigenvalue weighted by Crippen LogP contribution is 2.32. The van der Waals surface area contributed by atoms with Crippen LogP contribution in [0.25, 0.3) is 6.08 Å². The number of nitrogens with one attached hydrogen (secondary N) is 1. The van der Waals surface area contributed by atoms with E-state index < -0.39 is 0 Å². The molecule has 2 aromatic rings. The molecule has 1 aliphatic rings. The predicted molar refractivity (Wildman–Crippen MR) is 85.2 cm³/mol. The number of aromatic nitrogens is 2. The molecule has 0 bridgehead atoms. The molecule has 5 nitrogen and oxygen atoms in total. The molecule has 0 unspecified atom stereocenters. The van der Waals surface area contributed by atoms with Gasteiger partial charge in [0.1, 0.15) is 0 Å². The fourth-order valence-electron chi connectivity index (χ4n) is 1.92. The van der Waals surface area contributed by atoms with E-state index in [2.05, 4.69) is 15.0 Å². The number of thioether (sulfide) groups is 1. The standard InChI is InChI=1S/C15H14N4OS/c1-10-5-3-7-13(17-10)18-15-19(2)14(20)12(21-15)9-11-6-4-8-16-11/h3-9,16H,1-2H3/b12-9+,18-15+. The molecular weight excluding hydrogens is 284 g/mol. The van der Waals surface area contributed by atoms with Crippen LogP contribution in [0.2, 0.25) is 0 Å². The number of amidine groups is 1. The van der Waals surface area contributed by atoms with Crippen molar-refractivity contribution >= 4 is 34.7 Å². The zero-order valence-corrected chi connectivity index (χ0v) is 12.5. The van der Waals surface area contributed by atoms with E-state index in [-0.39, 0.29) is 5.91 Å². The minimum atomic E-state index is -0.0546. The second-order valence-electron chi connectivity index (χ2n) is 4.63. The maximum Gasteiger partial charge on any atom is 0.266 e. The first-order chi connectivity index (χ1) is 10.1. The molecule has 1 fully saturated rings. The molecule has 0 aliphatic carbocycles. The van der Waals surface area contributed by atoms with Crippen molar-refractivity contribution in [2.45, 2.75) is 6.92 Å². The molecule has 0 atom stereocenters. The number of hydrogen-bond acceptors (Lipinski definition) is 4. The lowest BCUT2D eigenvalue weighted by Crippen LogP contribution is -2.23. The van der Waals surface area contributed by atoms with E-state index in [1.807, 2.05) is 49.5 Å². The van der Waals surface area contributed by atoms with Gasteiger partial charge in [-0.2, -0.15) is 0 Å². The minimum absolute atomic E-state index is 0.0546. The average molecular weight is 298 g/mol. The highest BCUT2D eigenvalue weighted by Gasteiger charge is 2.30. The number of H-pyrrole nitrogens is 1. The van der Waals surface area contributed by atoms with Crippen LogP contribution in [0.3, 0.4) is 0 Å². The normalized spacial score (nSPS) is 19.0. The number of carbonyl (C=O) groups excluding carboxylic acids is 1. The zero-order chi connectivity index (χ0) is 14.8. The van der Waals surface area contributed by atoms with Gasteiger partial charge in [0.05, 0.1) is 4.91 Å². The number of likely N-dealkylation sites (N-methyl/N-ethyl adjacent to an activating group) is 1. The second-order valence-corrected chi connectivity index (χ2v) is 5.64. The highest BCUT2D eigenvalue weighted by atomic mass is 32.2. The number of rotatable bonds is 2. The molecule has 21 heavy (non-hydrogen) atoms. The van der Waals surface area contributed by atoms with Crippen molar-refractivity contribution in [1.82, 2.24) is 14.9 Å². The SMILES string of the molecule is Cc1cccc(/N=C2/S/C(=C/c3ccc[nH]3)C(=O)N2C)n1. The van der Waals surface area contributed by atoms with Gasteiger partial charge in [-0.25, -0.2) is 9.98 Å². The van der Waals surface area contributed by atoms with Crippen LogP contribution >= 0.6 is 11.8 Å². The van der Waals surface area contributed by atoms with Crippen LogP contribution in [0.5, 0.6) is 0 Å². The summed E-state index contributed by atoms with van der Waals surface area (Å²) in [5, 5.41) is 0.635. The Morgan fingerprint density at radius 3 is 2.90 bits per heavy atom. The van der Waals surface area contributed by atoms with E-state index in [0.29, 0.717) is 15.9 Å². The van der Waals surface area contributed by atoms with Gasteiger partial charge in [-0.3, -0.25) is 9.69 Å². The van der Waals surface area contributed by atoms with Crippen LogP contribution < -0.4 is 0 Å². The van der Waals surface area contributed by atoms with Crippen molar-refractivity contribution < 1.29 is 4.79 Å². The van der Waals surface area contributed by atoms with Gasteiger partial charge < -0.3 is 4.98 Å². The van der Waals surface area contributed by atoms with Gasteiger partial charge in [0, 0.05) is 24.6 Å². The lowest BCUT2D eigenvalue weighted by atomic mass is 10.3. The quantitative estimate of drug-likeness (QED) is 0.867. The van der Waals surface area contributed by atoms with Crippen LogP contribution in [0.4, 0.5) is 5.82 Å². The lowest BCUT2D eigenvalue weighted by Gasteiger charge is -2.06.